The minimum absolute atomic E-state index is 0.0169. The number of nitrogens with one attached hydrogen (secondary N) is 2. The Bertz CT molecular complexity index is 1800. The van der Waals surface area contributed by atoms with Crippen LogP contribution in [0.1, 0.15) is 47.1 Å². The van der Waals surface area contributed by atoms with Crippen molar-refractivity contribution in [1.29, 1.82) is 0 Å². The van der Waals surface area contributed by atoms with Crippen LogP contribution in [0.5, 0.6) is 0 Å². The van der Waals surface area contributed by atoms with E-state index in [9.17, 15) is 14.7 Å². The third-order valence-electron chi connectivity index (χ3n) is 8.55. The van der Waals surface area contributed by atoms with Crippen molar-refractivity contribution in [2.24, 2.45) is 5.92 Å². The van der Waals surface area contributed by atoms with Gasteiger partial charge in [-0.05, 0) is 34.4 Å². The van der Waals surface area contributed by atoms with E-state index in [1.165, 1.54) is 7.11 Å². The smallest absolute Gasteiger partial charge is 0.328 e. The van der Waals surface area contributed by atoms with Crippen LogP contribution in [0.15, 0.2) is 107 Å². The van der Waals surface area contributed by atoms with Crippen LogP contribution in [0, 0.1) is 5.92 Å². The third-order valence-corrected chi connectivity index (χ3v) is 10.8. The van der Waals surface area contributed by atoms with Gasteiger partial charge in [0.15, 0.2) is 10.6 Å². The third kappa shape index (κ3) is 8.86. The van der Waals surface area contributed by atoms with Gasteiger partial charge in [0.1, 0.15) is 6.04 Å². The summed E-state index contributed by atoms with van der Waals surface area (Å²) in [5.74, 6) is 0.250. The first-order chi connectivity index (χ1) is 23.9. The lowest BCUT2D eigenvalue weighted by Gasteiger charge is -2.41. The molecule has 254 valence electrons. The molecule has 5 atom stereocenters. The first-order valence-electron chi connectivity index (χ1n) is 16.1. The van der Waals surface area contributed by atoms with Gasteiger partial charge in [-0.25, -0.2) is 14.6 Å². The van der Waals surface area contributed by atoms with Crippen molar-refractivity contribution in [3.05, 3.63) is 131 Å². The van der Waals surface area contributed by atoms with Crippen molar-refractivity contribution >= 4 is 45.3 Å². The lowest BCUT2D eigenvalue weighted by atomic mass is 9.91. The van der Waals surface area contributed by atoms with E-state index in [-0.39, 0.29) is 31.3 Å². The quantitative estimate of drug-likeness (QED) is 0.0947. The standard InChI is InChI=1S/C38H39N3O6S2/c1-24-32(23-48-38-41-30-10-6-7-11-33(30)49-38)46-36(47-34(24)28-16-14-27(22-42)15-17-28)29-18-12-26(13-19-29)21-39-37(44)40-31(35(43)45-2)20-25-8-4-3-5-9-25/h3-19,24,31-32,34,36,42H,20-23H2,1-2H3,(H2,39,40,44)/t24-,31+,32+,34+,36+/m1/s1. The Kier molecular flexibility index (Phi) is 11.6. The highest BCUT2D eigenvalue weighted by Crippen LogP contribution is 2.43. The van der Waals surface area contributed by atoms with E-state index < -0.39 is 24.3 Å². The molecular formula is C38H39N3O6S2. The van der Waals surface area contributed by atoms with Crippen LogP contribution in [-0.2, 0) is 38.6 Å². The number of ether oxygens (including phenoxy) is 3. The number of amides is 2. The highest BCUT2D eigenvalue weighted by Gasteiger charge is 2.38. The molecule has 11 heteroatoms. The molecule has 49 heavy (non-hydrogen) atoms. The fraction of sp³-hybridized carbons (Fsp3) is 0.289. The van der Waals surface area contributed by atoms with E-state index in [4.69, 9.17) is 19.2 Å². The number of carbonyl (C=O) groups is 2. The van der Waals surface area contributed by atoms with Crippen LogP contribution in [0.2, 0.25) is 0 Å². The molecule has 9 nitrogen and oxygen atoms in total. The second-order valence-electron chi connectivity index (χ2n) is 11.9. The fourth-order valence-corrected chi connectivity index (χ4v) is 8.00. The van der Waals surface area contributed by atoms with Crippen molar-refractivity contribution in [3.8, 4) is 0 Å². The Morgan fingerprint density at radius 1 is 0.898 bits per heavy atom. The molecule has 1 aliphatic rings. The Morgan fingerprint density at radius 3 is 2.31 bits per heavy atom. The van der Waals surface area contributed by atoms with Crippen LogP contribution in [0.25, 0.3) is 10.2 Å². The average molecular weight is 698 g/mol. The van der Waals surface area contributed by atoms with E-state index in [1.54, 1.807) is 23.1 Å². The van der Waals surface area contributed by atoms with Gasteiger partial charge in [-0.3, -0.25) is 0 Å². The number of carbonyl (C=O) groups excluding carboxylic acids is 2. The van der Waals surface area contributed by atoms with Crippen LogP contribution in [-0.4, -0.2) is 47.1 Å². The number of para-hydroxylation sites is 1. The van der Waals surface area contributed by atoms with Gasteiger partial charge in [-0.15, -0.1) is 11.3 Å². The number of aliphatic hydroxyl groups is 1. The summed E-state index contributed by atoms with van der Waals surface area (Å²) >= 11 is 3.38. The second kappa shape index (κ2) is 16.4. The van der Waals surface area contributed by atoms with Gasteiger partial charge >= 0.3 is 12.0 Å². The number of aliphatic hydroxyl groups excluding tert-OH is 1. The number of urea groups is 1. The van der Waals surface area contributed by atoms with Crippen molar-refractivity contribution in [2.45, 2.75) is 55.4 Å². The lowest BCUT2D eigenvalue weighted by Crippen LogP contribution is -2.47. The average Bonchev–Trinajstić information content (AvgIpc) is 3.57. The number of fused-ring (bicyclic) bond motifs is 1. The molecule has 0 spiro atoms. The first kappa shape index (κ1) is 34.6. The lowest BCUT2D eigenvalue weighted by molar-refractivity contribution is -0.268. The van der Waals surface area contributed by atoms with Crippen LogP contribution >= 0.6 is 23.1 Å². The summed E-state index contributed by atoms with van der Waals surface area (Å²) < 4.78 is 20.3. The summed E-state index contributed by atoms with van der Waals surface area (Å²) in [5.41, 5.74) is 5.52. The van der Waals surface area contributed by atoms with Gasteiger partial charge in [0.2, 0.25) is 0 Å². The molecule has 1 aliphatic heterocycles. The highest BCUT2D eigenvalue weighted by molar-refractivity contribution is 8.01. The van der Waals surface area contributed by atoms with Gasteiger partial charge in [-0.2, -0.15) is 0 Å². The Balaban J connectivity index is 1.11. The van der Waals surface area contributed by atoms with Crippen molar-refractivity contribution in [1.82, 2.24) is 15.6 Å². The number of nitrogens with zero attached hydrogens (tertiary/aromatic N) is 1. The molecule has 4 aromatic carbocycles. The van der Waals surface area contributed by atoms with Crippen molar-refractivity contribution in [3.63, 3.8) is 0 Å². The molecule has 3 N–H and O–H groups in total. The maximum Gasteiger partial charge on any atom is 0.328 e. The molecule has 0 saturated carbocycles. The summed E-state index contributed by atoms with van der Waals surface area (Å²) in [7, 11) is 1.31. The molecule has 6 rings (SSSR count). The zero-order valence-electron chi connectivity index (χ0n) is 27.3. The number of thiazole rings is 1. The molecule has 0 unspecified atom stereocenters. The number of aromatic nitrogens is 1. The molecular weight excluding hydrogens is 659 g/mol. The Hall–Kier alpha value is -4.26. The topological polar surface area (TPSA) is 119 Å². The molecule has 1 aromatic heterocycles. The number of esters is 1. The number of hydrogen-bond donors (Lipinski definition) is 3. The summed E-state index contributed by atoms with van der Waals surface area (Å²) in [6.07, 6.45) is -0.635. The zero-order chi connectivity index (χ0) is 34.2. The van der Waals surface area contributed by atoms with E-state index in [1.807, 2.05) is 97.1 Å². The molecule has 0 bridgehead atoms. The predicted octanol–water partition coefficient (Wildman–Crippen LogP) is 6.96. The Morgan fingerprint density at radius 2 is 1.59 bits per heavy atom. The van der Waals surface area contributed by atoms with Crippen LogP contribution in [0.4, 0.5) is 4.79 Å². The van der Waals surface area contributed by atoms with Crippen LogP contribution in [0.3, 0.4) is 0 Å². The van der Waals surface area contributed by atoms with E-state index >= 15 is 0 Å². The maximum atomic E-state index is 12.8. The normalized spacial score (nSPS) is 19.7. The summed E-state index contributed by atoms with van der Waals surface area (Å²) in [6, 6.07) is 32.0. The summed E-state index contributed by atoms with van der Waals surface area (Å²) in [4.78, 5) is 29.9. The predicted molar refractivity (Wildman–Crippen MR) is 191 cm³/mol. The molecule has 2 heterocycles. The summed E-state index contributed by atoms with van der Waals surface area (Å²) in [6.45, 7) is 2.39. The van der Waals surface area contributed by atoms with E-state index in [0.717, 1.165) is 42.4 Å². The van der Waals surface area contributed by atoms with Crippen molar-refractivity contribution < 1.29 is 28.9 Å². The SMILES string of the molecule is COC(=O)[C@H](Cc1ccccc1)NC(=O)NCc1ccc([C@H]2O[C@@H](CSc3nc4ccccc4s3)[C@@H](C)[C@@H](c3ccc(CO)cc3)O2)cc1. The number of methoxy groups -OCH3 is 1. The molecule has 0 radical (unpaired) electrons. The highest BCUT2D eigenvalue weighted by atomic mass is 32.2. The van der Waals surface area contributed by atoms with Crippen LogP contribution < -0.4 is 10.6 Å². The molecule has 0 aliphatic carbocycles. The Labute approximate surface area is 294 Å². The van der Waals surface area contributed by atoms with Gasteiger partial charge in [-0.1, -0.05) is 110 Å². The molecule has 1 saturated heterocycles. The molecule has 5 aromatic rings. The minimum Gasteiger partial charge on any atom is -0.467 e. The van der Waals surface area contributed by atoms with Gasteiger partial charge in [0.25, 0.3) is 0 Å². The zero-order valence-corrected chi connectivity index (χ0v) is 28.9. The second-order valence-corrected chi connectivity index (χ2v) is 14.2. The number of thioether (sulfide) groups is 1. The van der Waals surface area contributed by atoms with Gasteiger partial charge in [0, 0.05) is 30.2 Å². The number of benzene rings is 4. The first-order valence-corrected chi connectivity index (χ1v) is 17.9. The largest absolute Gasteiger partial charge is 0.467 e. The minimum atomic E-state index is -0.814. The summed E-state index contributed by atoms with van der Waals surface area (Å²) in [5, 5.41) is 15.1. The van der Waals surface area contributed by atoms with Gasteiger partial charge < -0.3 is 30.0 Å². The van der Waals surface area contributed by atoms with E-state index in [0.29, 0.717) is 12.2 Å². The number of hydrogen-bond acceptors (Lipinski definition) is 9. The fourth-order valence-electron chi connectivity index (χ4n) is 5.75. The maximum absolute atomic E-state index is 12.8. The van der Waals surface area contributed by atoms with Crippen molar-refractivity contribution in [2.75, 3.05) is 12.9 Å². The molecule has 2 amide bonds. The van der Waals surface area contributed by atoms with Gasteiger partial charge in [0.05, 0.1) is 36.1 Å². The van der Waals surface area contributed by atoms with E-state index in [2.05, 4.69) is 23.6 Å². The number of rotatable bonds is 12. The molecule has 1 fully saturated rings. The monoisotopic (exact) mass is 697 g/mol.